The molecule has 5 heteroatoms. The fourth-order valence-electron chi connectivity index (χ4n) is 4.56. The molecule has 152 valence electrons. The van der Waals surface area contributed by atoms with Gasteiger partial charge in [-0.05, 0) is 54.8 Å². The third kappa shape index (κ3) is 3.82. The Kier molecular flexibility index (Phi) is 5.84. The van der Waals surface area contributed by atoms with Gasteiger partial charge >= 0.3 is 0 Å². The van der Waals surface area contributed by atoms with E-state index in [1.807, 2.05) is 24.3 Å². The van der Waals surface area contributed by atoms with E-state index in [2.05, 4.69) is 17.9 Å². The minimum absolute atomic E-state index is 0.0103. The molecular formula is C25H23FN2O2. The standard InChI is InChI=1S/C25H23FN2O2/c26-21-13-9-18(10-14-21)6-5-17-7-11-19(12-8-17)24-22(15-27)28(23(24)16-29)25(30)20-3-1-2-4-20/h7-14,20,22-24,29H,1-4,16H2/t22-,23-,24-/m0/s1. The van der Waals surface area contributed by atoms with Gasteiger partial charge in [0.15, 0.2) is 0 Å². The predicted molar refractivity (Wildman–Crippen MR) is 111 cm³/mol. The zero-order chi connectivity index (χ0) is 21.1. The van der Waals surface area contributed by atoms with E-state index >= 15 is 0 Å². The highest BCUT2D eigenvalue weighted by Gasteiger charge is 2.52. The first-order valence-corrected chi connectivity index (χ1v) is 10.3. The minimum Gasteiger partial charge on any atom is -0.394 e. The third-order valence-corrected chi connectivity index (χ3v) is 6.18. The van der Waals surface area contributed by atoms with Crippen molar-refractivity contribution in [2.24, 2.45) is 5.92 Å². The molecule has 30 heavy (non-hydrogen) atoms. The number of hydrogen-bond donors (Lipinski definition) is 1. The average molecular weight is 402 g/mol. The molecule has 4 nitrogen and oxygen atoms in total. The van der Waals surface area contributed by atoms with Crippen LogP contribution in [0.15, 0.2) is 48.5 Å². The second kappa shape index (κ2) is 8.69. The molecule has 0 radical (unpaired) electrons. The molecule has 0 bridgehead atoms. The number of benzene rings is 2. The summed E-state index contributed by atoms with van der Waals surface area (Å²) in [5, 5.41) is 19.6. The van der Waals surface area contributed by atoms with Crippen molar-refractivity contribution in [3.8, 4) is 17.9 Å². The Labute approximate surface area is 175 Å². The second-order valence-corrected chi connectivity index (χ2v) is 7.96. The van der Waals surface area contributed by atoms with E-state index in [-0.39, 0.29) is 36.2 Å². The molecule has 1 saturated carbocycles. The number of aliphatic hydroxyl groups is 1. The van der Waals surface area contributed by atoms with Gasteiger partial charge in [0.2, 0.25) is 5.91 Å². The van der Waals surface area contributed by atoms with E-state index in [1.165, 1.54) is 12.1 Å². The van der Waals surface area contributed by atoms with Crippen molar-refractivity contribution in [2.45, 2.75) is 43.7 Å². The molecule has 1 saturated heterocycles. The van der Waals surface area contributed by atoms with Gasteiger partial charge in [-0.25, -0.2) is 4.39 Å². The fraction of sp³-hybridized carbons (Fsp3) is 0.360. The molecule has 1 heterocycles. The molecule has 2 aromatic carbocycles. The van der Waals surface area contributed by atoms with Crippen LogP contribution in [0.2, 0.25) is 0 Å². The molecule has 3 atom stereocenters. The van der Waals surface area contributed by atoms with Crippen LogP contribution >= 0.6 is 0 Å². The summed E-state index contributed by atoms with van der Waals surface area (Å²) in [5.74, 6) is 5.54. The summed E-state index contributed by atoms with van der Waals surface area (Å²) in [4.78, 5) is 14.5. The Morgan fingerprint density at radius 2 is 1.60 bits per heavy atom. The van der Waals surface area contributed by atoms with Gasteiger partial charge < -0.3 is 10.0 Å². The summed E-state index contributed by atoms with van der Waals surface area (Å²) >= 11 is 0. The minimum atomic E-state index is -0.550. The number of nitrogens with zero attached hydrogens (tertiary/aromatic N) is 2. The number of carbonyl (C=O) groups is 1. The number of likely N-dealkylation sites (tertiary alicyclic amines) is 1. The van der Waals surface area contributed by atoms with Crippen molar-refractivity contribution in [3.63, 3.8) is 0 Å². The van der Waals surface area contributed by atoms with Crippen LogP contribution in [-0.4, -0.2) is 34.6 Å². The Morgan fingerprint density at radius 3 is 2.13 bits per heavy atom. The second-order valence-electron chi connectivity index (χ2n) is 7.96. The van der Waals surface area contributed by atoms with Gasteiger partial charge in [0.05, 0.1) is 18.7 Å². The number of amides is 1. The average Bonchev–Trinajstić information content (AvgIpc) is 3.29. The van der Waals surface area contributed by atoms with Crippen LogP contribution in [0.25, 0.3) is 0 Å². The number of nitriles is 1. The van der Waals surface area contributed by atoms with E-state index < -0.39 is 6.04 Å². The van der Waals surface area contributed by atoms with E-state index in [0.717, 1.165) is 42.4 Å². The molecule has 2 aromatic rings. The molecule has 2 fully saturated rings. The third-order valence-electron chi connectivity index (χ3n) is 6.18. The lowest BCUT2D eigenvalue weighted by Crippen LogP contribution is -2.66. The molecule has 1 aliphatic carbocycles. The summed E-state index contributed by atoms with van der Waals surface area (Å²) < 4.78 is 13.0. The molecule has 1 N–H and O–H groups in total. The predicted octanol–water partition coefficient (Wildman–Crippen LogP) is 3.59. The van der Waals surface area contributed by atoms with Crippen LogP contribution in [0, 0.1) is 34.9 Å². The smallest absolute Gasteiger partial charge is 0.227 e. The van der Waals surface area contributed by atoms with E-state index in [4.69, 9.17) is 0 Å². The molecular weight excluding hydrogens is 379 g/mol. The van der Waals surface area contributed by atoms with Gasteiger partial charge in [-0.3, -0.25) is 4.79 Å². The normalized spacial score (nSPS) is 23.2. The Morgan fingerprint density at radius 1 is 1.03 bits per heavy atom. The molecule has 1 amide bonds. The summed E-state index contributed by atoms with van der Waals surface area (Å²) in [6.45, 7) is -0.159. The molecule has 4 rings (SSSR count). The zero-order valence-corrected chi connectivity index (χ0v) is 16.6. The first kappa shape index (κ1) is 20.1. The highest BCUT2D eigenvalue weighted by atomic mass is 19.1. The van der Waals surface area contributed by atoms with Crippen molar-refractivity contribution < 1.29 is 14.3 Å². The van der Waals surface area contributed by atoms with Gasteiger partial charge in [-0.1, -0.05) is 36.8 Å². The first-order valence-electron chi connectivity index (χ1n) is 10.3. The Hall–Kier alpha value is -3.15. The summed E-state index contributed by atoms with van der Waals surface area (Å²) in [6, 6.07) is 14.9. The van der Waals surface area contributed by atoms with Crippen LogP contribution in [0.4, 0.5) is 4.39 Å². The summed E-state index contributed by atoms with van der Waals surface area (Å²) in [6.07, 6.45) is 3.85. The first-order chi connectivity index (χ1) is 14.6. The van der Waals surface area contributed by atoms with Crippen LogP contribution in [0.1, 0.15) is 48.3 Å². The summed E-state index contributed by atoms with van der Waals surface area (Å²) in [5.41, 5.74) is 2.45. The zero-order valence-electron chi connectivity index (χ0n) is 16.6. The van der Waals surface area contributed by atoms with Crippen LogP contribution in [0.5, 0.6) is 0 Å². The maximum absolute atomic E-state index is 13.0. The van der Waals surface area contributed by atoms with Crippen molar-refractivity contribution in [1.29, 1.82) is 5.26 Å². The van der Waals surface area contributed by atoms with E-state index in [0.29, 0.717) is 0 Å². The van der Waals surface area contributed by atoms with Crippen LogP contribution < -0.4 is 0 Å². The maximum atomic E-state index is 13.0. The Bertz CT molecular complexity index is 1010. The lowest BCUT2D eigenvalue weighted by molar-refractivity contribution is -0.151. The van der Waals surface area contributed by atoms with E-state index in [1.54, 1.807) is 17.0 Å². The highest BCUT2D eigenvalue weighted by molar-refractivity contribution is 5.82. The topological polar surface area (TPSA) is 64.3 Å². The number of hydrogen-bond acceptors (Lipinski definition) is 3. The summed E-state index contributed by atoms with van der Waals surface area (Å²) in [7, 11) is 0. The molecule has 0 aromatic heterocycles. The molecule has 0 unspecified atom stereocenters. The van der Waals surface area contributed by atoms with Crippen molar-refractivity contribution in [2.75, 3.05) is 6.61 Å². The number of rotatable bonds is 3. The van der Waals surface area contributed by atoms with Gasteiger partial charge in [0, 0.05) is 23.0 Å². The van der Waals surface area contributed by atoms with E-state index in [9.17, 15) is 19.6 Å². The van der Waals surface area contributed by atoms with Gasteiger partial charge in [0.1, 0.15) is 11.9 Å². The van der Waals surface area contributed by atoms with Crippen LogP contribution in [0.3, 0.4) is 0 Å². The number of aliphatic hydroxyl groups excluding tert-OH is 1. The van der Waals surface area contributed by atoms with Crippen molar-refractivity contribution in [1.82, 2.24) is 4.90 Å². The molecule has 1 aliphatic heterocycles. The Balaban J connectivity index is 1.50. The largest absolute Gasteiger partial charge is 0.394 e. The molecule has 2 aliphatic rings. The van der Waals surface area contributed by atoms with Gasteiger partial charge in [-0.2, -0.15) is 5.26 Å². The monoisotopic (exact) mass is 402 g/mol. The maximum Gasteiger partial charge on any atom is 0.227 e. The van der Waals surface area contributed by atoms with Gasteiger partial charge in [0.25, 0.3) is 0 Å². The highest BCUT2D eigenvalue weighted by Crippen LogP contribution is 2.42. The van der Waals surface area contributed by atoms with Crippen molar-refractivity contribution >= 4 is 5.91 Å². The SMILES string of the molecule is N#C[C@H]1[C@H](c2ccc(C#Cc3ccc(F)cc3)cc2)[C@H](CO)N1C(=O)C1CCCC1. The van der Waals surface area contributed by atoms with Crippen molar-refractivity contribution in [3.05, 3.63) is 71.0 Å². The number of halogens is 1. The molecule has 0 spiro atoms. The quantitative estimate of drug-likeness (QED) is 0.798. The lowest BCUT2D eigenvalue weighted by Gasteiger charge is -2.52. The van der Waals surface area contributed by atoms with Gasteiger partial charge in [-0.15, -0.1) is 0 Å². The number of carbonyl (C=O) groups excluding carboxylic acids is 1. The lowest BCUT2D eigenvalue weighted by atomic mass is 9.75. The van der Waals surface area contributed by atoms with Crippen LogP contribution in [-0.2, 0) is 4.79 Å². The fourth-order valence-corrected chi connectivity index (χ4v) is 4.56.